The molecule has 0 radical (unpaired) electrons. The number of nitrogens with zero attached hydrogens (tertiary/aromatic N) is 3. The Labute approximate surface area is 186 Å². The van der Waals surface area contributed by atoms with Crippen molar-refractivity contribution < 1.29 is 9.66 Å². The molecule has 0 aliphatic carbocycles. The van der Waals surface area contributed by atoms with Crippen LogP contribution in [0.15, 0.2) is 82.0 Å². The first-order valence-corrected chi connectivity index (χ1v) is 10.9. The summed E-state index contributed by atoms with van der Waals surface area (Å²) < 4.78 is 7.80. The van der Waals surface area contributed by atoms with E-state index in [2.05, 4.69) is 11.1 Å². The van der Waals surface area contributed by atoms with E-state index in [4.69, 9.17) is 4.74 Å². The first kappa shape index (κ1) is 20.6. The van der Waals surface area contributed by atoms with Crippen molar-refractivity contribution in [1.29, 1.82) is 5.26 Å². The second kappa shape index (κ2) is 9.43. The molecule has 0 fully saturated rings. The Bertz CT molecular complexity index is 1270. The third-order valence-electron chi connectivity index (χ3n) is 4.33. The molecule has 1 heterocycles. The SMILES string of the molecule is N#C/C(=C/c1ccccc1OCc1ccc([N+](=O)[O-])cc1)Sc1nc2ccccc2s1. The van der Waals surface area contributed by atoms with Crippen LogP contribution in [0.4, 0.5) is 5.69 Å². The van der Waals surface area contributed by atoms with Crippen molar-refractivity contribution in [1.82, 2.24) is 4.98 Å². The summed E-state index contributed by atoms with van der Waals surface area (Å²) in [4.78, 5) is 15.4. The van der Waals surface area contributed by atoms with E-state index in [0.29, 0.717) is 10.7 Å². The molecule has 1 aromatic heterocycles. The quantitative estimate of drug-likeness (QED) is 0.141. The summed E-state index contributed by atoms with van der Waals surface area (Å²) in [5, 5.41) is 20.4. The number of benzene rings is 3. The molecule has 0 saturated carbocycles. The summed E-state index contributed by atoms with van der Waals surface area (Å²) in [6.45, 7) is 0.260. The lowest BCUT2D eigenvalue weighted by Crippen LogP contribution is -1.97. The smallest absolute Gasteiger partial charge is 0.269 e. The van der Waals surface area contributed by atoms with Gasteiger partial charge in [0.15, 0.2) is 4.34 Å². The Kier molecular flexibility index (Phi) is 6.26. The van der Waals surface area contributed by atoms with Gasteiger partial charge in [0.1, 0.15) is 18.4 Å². The van der Waals surface area contributed by atoms with Crippen LogP contribution in [0, 0.1) is 21.4 Å². The number of aromatic nitrogens is 1. The van der Waals surface area contributed by atoms with Crippen LogP contribution in [0.2, 0.25) is 0 Å². The molecule has 3 aromatic carbocycles. The molecule has 8 heteroatoms. The summed E-state index contributed by atoms with van der Waals surface area (Å²) in [7, 11) is 0. The zero-order valence-electron chi connectivity index (χ0n) is 16.1. The molecule has 31 heavy (non-hydrogen) atoms. The molecule has 6 nitrogen and oxygen atoms in total. The molecule has 0 unspecified atom stereocenters. The summed E-state index contributed by atoms with van der Waals surface area (Å²) in [6.07, 6.45) is 1.78. The van der Waals surface area contributed by atoms with Crippen molar-refractivity contribution in [2.45, 2.75) is 10.9 Å². The van der Waals surface area contributed by atoms with Crippen molar-refractivity contribution in [3.63, 3.8) is 0 Å². The molecule has 4 aromatic rings. The van der Waals surface area contributed by atoms with Crippen LogP contribution in [0.3, 0.4) is 0 Å². The highest BCUT2D eigenvalue weighted by molar-refractivity contribution is 8.05. The molecular weight excluding hydrogens is 430 g/mol. The molecule has 0 atom stereocenters. The minimum absolute atomic E-state index is 0.0395. The predicted molar refractivity (Wildman–Crippen MR) is 123 cm³/mol. The summed E-state index contributed by atoms with van der Waals surface area (Å²) in [5.74, 6) is 0.624. The average molecular weight is 446 g/mol. The number of allylic oxidation sites excluding steroid dienone is 1. The zero-order chi connectivity index (χ0) is 21.6. The number of thiazole rings is 1. The highest BCUT2D eigenvalue weighted by Gasteiger charge is 2.10. The molecule has 4 rings (SSSR count). The molecular formula is C23H15N3O3S2. The van der Waals surface area contributed by atoms with Crippen molar-refractivity contribution in [2.24, 2.45) is 0 Å². The summed E-state index contributed by atoms with van der Waals surface area (Å²) in [5.41, 5.74) is 2.54. The number of non-ortho nitro benzene ring substituents is 1. The normalized spacial score (nSPS) is 11.3. The van der Waals surface area contributed by atoms with Crippen LogP contribution < -0.4 is 4.74 Å². The lowest BCUT2D eigenvalue weighted by molar-refractivity contribution is -0.384. The fraction of sp³-hybridized carbons (Fsp3) is 0.0435. The highest BCUT2D eigenvalue weighted by Crippen LogP contribution is 2.35. The van der Waals surface area contributed by atoms with Crippen molar-refractivity contribution in [3.8, 4) is 11.8 Å². The number of nitro groups is 1. The Hall–Kier alpha value is -3.67. The summed E-state index contributed by atoms with van der Waals surface area (Å²) in [6, 6.07) is 23.8. The fourth-order valence-corrected chi connectivity index (χ4v) is 4.79. The van der Waals surface area contributed by atoms with E-state index in [0.717, 1.165) is 25.7 Å². The van der Waals surface area contributed by atoms with Gasteiger partial charge in [-0.25, -0.2) is 4.98 Å². The van der Waals surface area contributed by atoms with Crippen LogP contribution in [0.1, 0.15) is 11.1 Å². The molecule has 0 aliphatic heterocycles. The lowest BCUT2D eigenvalue weighted by Gasteiger charge is -2.09. The van der Waals surface area contributed by atoms with Crippen LogP contribution in [0.25, 0.3) is 16.3 Å². The number of para-hydroxylation sites is 2. The van der Waals surface area contributed by atoms with E-state index in [1.54, 1.807) is 29.5 Å². The van der Waals surface area contributed by atoms with Crippen LogP contribution >= 0.6 is 23.1 Å². The standard InChI is InChI=1S/C23H15N3O3S2/c24-14-19(30-23-25-20-6-2-4-8-22(20)31-23)13-17-5-1-3-7-21(17)29-15-16-9-11-18(12-10-16)26(27)28/h1-13H,15H2/b19-13-. The third-order valence-corrected chi connectivity index (χ3v) is 6.35. The molecule has 0 aliphatic rings. The number of nitriles is 1. The van der Waals surface area contributed by atoms with Gasteiger partial charge in [0.25, 0.3) is 5.69 Å². The topological polar surface area (TPSA) is 89.0 Å². The molecule has 0 saturated heterocycles. The van der Waals surface area contributed by atoms with Gasteiger partial charge in [0, 0.05) is 17.7 Å². The number of nitro benzene ring substituents is 1. The zero-order valence-corrected chi connectivity index (χ0v) is 17.7. The van der Waals surface area contributed by atoms with Gasteiger partial charge in [0.2, 0.25) is 0 Å². The summed E-state index contributed by atoms with van der Waals surface area (Å²) >= 11 is 2.87. The predicted octanol–water partition coefficient (Wildman–Crippen LogP) is 6.44. The van der Waals surface area contributed by atoms with Crippen LogP contribution in [-0.2, 0) is 6.61 Å². The Morgan fingerprint density at radius 1 is 1.13 bits per heavy atom. The van der Waals surface area contributed by atoms with Crippen LogP contribution in [0.5, 0.6) is 5.75 Å². The largest absolute Gasteiger partial charge is 0.488 e. The first-order valence-electron chi connectivity index (χ1n) is 9.23. The molecule has 152 valence electrons. The van der Waals surface area contributed by atoms with Gasteiger partial charge in [-0.05, 0) is 53.7 Å². The Morgan fingerprint density at radius 2 is 1.87 bits per heavy atom. The number of rotatable bonds is 7. The van der Waals surface area contributed by atoms with Gasteiger partial charge in [0.05, 0.1) is 20.0 Å². The number of ether oxygens (including phenoxy) is 1. The van der Waals surface area contributed by atoms with E-state index >= 15 is 0 Å². The molecule has 0 spiro atoms. The van der Waals surface area contributed by atoms with E-state index < -0.39 is 4.92 Å². The lowest BCUT2D eigenvalue weighted by atomic mass is 10.2. The van der Waals surface area contributed by atoms with Gasteiger partial charge >= 0.3 is 0 Å². The third kappa shape index (κ3) is 5.09. The number of hydrogen-bond donors (Lipinski definition) is 0. The van der Waals surface area contributed by atoms with Crippen molar-refractivity contribution in [3.05, 3.63) is 98.9 Å². The van der Waals surface area contributed by atoms with Gasteiger partial charge in [-0.3, -0.25) is 10.1 Å². The van der Waals surface area contributed by atoms with Gasteiger partial charge in [-0.15, -0.1) is 11.3 Å². The second-order valence-corrected chi connectivity index (χ2v) is 8.74. The van der Waals surface area contributed by atoms with Gasteiger partial charge in [-0.2, -0.15) is 5.26 Å². The fourth-order valence-electron chi connectivity index (χ4n) is 2.82. The van der Waals surface area contributed by atoms with Crippen LogP contribution in [-0.4, -0.2) is 9.91 Å². The van der Waals surface area contributed by atoms with E-state index in [9.17, 15) is 15.4 Å². The molecule has 0 bridgehead atoms. The highest BCUT2D eigenvalue weighted by atomic mass is 32.2. The Morgan fingerprint density at radius 3 is 2.61 bits per heavy atom. The average Bonchev–Trinajstić information content (AvgIpc) is 3.20. The van der Waals surface area contributed by atoms with E-state index in [-0.39, 0.29) is 12.3 Å². The second-order valence-electron chi connectivity index (χ2n) is 6.42. The Balaban J connectivity index is 1.51. The van der Waals surface area contributed by atoms with Gasteiger partial charge < -0.3 is 4.74 Å². The minimum atomic E-state index is -0.433. The van der Waals surface area contributed by atoms with Gasteiger partial charge in [-0.1, -0.05) is 30.3 Å². The minimum Gasteiger partial charge on any atom is -0.488 e. The maximum Gasteiger partial charge on any atom is 0.269 e. The maximum atomic E-state index is 10.8. The maximum absolute atomic E-state index is 10.8. The van der Waals surface area contributed by atoms with Crippen molar-refractivity contribution in [2.75, 3.05) is 0 Å². The van der Waals surface area contributed by atoms with E-state index in [1.165, 1.54) is 23.9 Å². The van der Waals surface area contributed by atoms with E-state index in [1.807, 2.05) is 48.5 Å². The molecule has 0 amide bonds. The first-order chi connectivity index (χ1) is 15.1. The molecule has 0 N–H and O–H groups in total. The number of hydrogen-bond acceptors (Lipinski definition) is 7. The van der Waals surface area contributed by atoms with Crippen molar-refractivity contribution >= 4 is 45.1 Å². The number of fused-ring (bicyclic) bond motifs is 1. The monoisotopic (exact) mass is 445 g/mol. The number of thioether (sulfide) groups is 1.